The first-order chi connectivity index (χ1) is 9.05. The third-order valence-electron chi connectivity index (χ3n) is 4.51. The van der Waals surface area contributed by atoms with E-state index in [0.29, 0.717) is 5.92 Å². The highest BCUT2D eigenvalue weighted by Crippen LogP contribution is 2.44. The van der Waals surface area contributed by atoms with Crippen LogP contribution >= 0.6 is 0 Å². The summed E-state index contributed by atoms with van der Waals surface area (Å²) in [6.45, 7) is 0.793. The van der Waals surface area contributed by atoms with Gasteiger partial charge in [-0.05, 0) is 42.5 Å². The number of nitrogens with one attached hydrogen (secondary N) is 1. The Labute approximate surface area is 111 Å². The van der Waals surface area contributed by atoms with Gasteiger partial charge in [-0.1, -0.05) is 19.3 Å². The molecule has 0 spiro atoms. The second-order valence-electron chi connectivity index (χ2n) is 5.69. The molecule has 0 amide bonds. The van der Waals surface area contributed by atoms with Crippen LogP contribution in [0.1, 0.15) is 49.1 Å². The maximum Gasteiger partial charge on any atom is 0.416 e. The van der Waals surface area contributed by atoms with E-state index in [9.17, 15) is 13.2 Å². The lowest BCUT2D eigenvalue weighted by atomic mass is 9.77. The van der Waals surface area contributed by atoms with Crippen LogP contribution in [0.25, 0.3) is 0 Å². The zero-order chi connectivity index (χ0) is 13.5. The second kappa shape index (κ2) is 4.73. The molecule has 1 aromatic carbocycles. The fourth-order valence-electron chi connectivity index (χ4n) is 3.49. The highest BCUT2D eigenvalue weighted by molar-refractivity contribution is 5.59. The molecule has 3 rings (SSSR count). The van der Waals surface area contributed by atoms with Gasteiger partial charge in [-0.15, -0.1) is 0 Å². The molecular formula is C15H18F3N. The van der Waals surface area contributed by atoms with E-state index < -0.39 is 11.7 Å². The van der Waals surface area contributed by atoms with Crippen LogP contribution in [0.2, 0.25) is 0 Å². The van der Waals surface area contributed by atoms with Crippen LogP contribution in [-0.2, 0) is 6.18 Å². The van der Waals surface area contributed by atoms with Gasteiger partial charge in [0.05, 0.1) is 5.56 Å². The molecule has 0 bridgehead atoms. The van der Waals surface area contributed by atoms with Crippen molar-refractivity contribution in [2.24, 2.45) is 5.92 Å². The number of fused-ring (bicyclic) bond motifs is 1. The van der Waals surface area contributed by atoms with Crippen molar-refractivity contribution in [1.82, 2.24) is 0 Å². The lowest BCUT2D eigenvalue weighted by molar-refractivity contribution is -0.137. The SMILES string of the molecule is FC(F)(F)c1ccc2c(c1)C(C1CCCCC1)CN2. The van der Waals surface area contributed by atoms with Gasteiger partial charge in [0.25, 0.3) is 0 Å². The van der Waals surface area contributed by atoms with E-state index in [1.54, 1.807) is 6.07 Å². The topological polar surface area (TPSA) is 12.0 Å². The summed E-state index contributed by atoms with van der Waals surface area (Å²) in [4.78, 5) is 0. The van der Waals surface area contributed by atoms with Gasteiger partial charge < -0.3 is 5.32 Å². The van der Waals surface area contributed by atoms with Gasteiger partial charge in [-0.3, -0.25) is 0 Å². The van der Waals surface area contributed by atoms with Crippen molar-refractivity contribution in [1.29, 1.82) is 0 Å². The summed E-state index contributed by atoms with van der Waals surface area (Å²) in [6, 6.07) is 4.12. The standard InChI is InChI=1S/C15H18F3N/c16-15(17,18)11-6-7-14-12(8-11)13(9-19-14)10-4-2-1-3-5-10/h6-8,10,13,19H,1-5,9H2. The van der Waals surface area contributed by atoms with Gasteiger partial charge in [0.15, 0.2) is 0 Å². The van der Waals surface area contributed by atoms with Gasteiger partial charge in [-0.2, -0.15) is 13.2 Å². The Morgan fingerprint density at radius 3 is 2.47 bits per heavy atom. The van der Waals surface area contributed by atoms with E-state index in [2.05, 4.69) is 5.32 Å². The molecule has 1 saturated carbocycles. The lowest BCUT2D eigenvalue weighted by Gasteiger charge is -2.27. The number of halogens is 3. The zero-order valence-electron chi connectivity index (χ0n) is 10.8. The van der Waals surface area contributed by atoms with Gasteiger partial charge in [0, 0.05) is 18.2 Å². The van der Waals surface area contributed by atoms with E-state index in [1.807, 2.05) is 0 Å². The molecule has 1 fully saturated rings. The molecule has 4 heteroatoms. The van der Waals surface area contributed by atoms with E-state index >= 15 is 0 Å². The molecular weight excluding hydrogens is 251 g/mol. The van der Waals surface area contributed by atoms with Gasteiger partial charge in [-0.25, -0.2) is 0 Å². The molecule has 1 heterocycles. The molecule has 1 aliphatic heterocycles. The van der Waals surface area contributed by atoms with Crippen molar-refractivity contribution in [3.63, 3.8) is 0 Å². The summed E-state index contributed by atoms with van der Waals surface area (Å²) in [7, 11) is 0. The van der Waals surface area contributed by atoms with Crippen LogP contribution in [0.5, 0.6) is 0 Å². The summed E-state index contributed by atoms with van der Waals surface area (Å²) in [5.41, 5.74) is 1.25. The quantitative estimate of drug-likeness (QED) is 0.772. The smallest absolute Gasteiger partial charge is 0.384 e. The number of hydrogen-bond donors (Lipinski definition) is 1. The minimum Gasteiger partial charge on any atom is -0.384 e. The Kier molecular flexibility index (Phi) is 3.19. The van der Waals surface area contributed by atoms with Gasteiger partial charge in [0.1, 0.15) is 0 Å². The molecule has 1 N–H and O–H groups in total. The molecule has 1 nitrogen and oxygen atoms in total. The summed E-state index contributed by atoms with van der Waals surface area (Å²) in [5, 5.41) is 3.26. The Balaban J connectivity index is 1.89. The van der Waals surface area contributed by atoms with Crippen LogP contribution in [0.15, 0.2) is 18.2 Å². The highest BCUT2D eigenvalue weighted by atomic mass is 19.4. The fraction of sp³-hybridized carbons (Fsp3) is 0.600. The lowest BCUT2D eigenvalue weighted by Crippen LogP contribution is -2.18. The monoisotopic (exact) mass is 269 g/mol. The van der Waals surface area contributed by atoms with Crippen molar-refractivity contribution in [3.05, 3.63) is 29.3 Å². The third kappa shape index (κ3) is 2.45. The molecule has 1 atom stereocenters. The van der Waals surface area contributed by atoms with Crippen LogP contribution in [0, 0.1) is 5.92 Å². The van der Waals surface area contributed by atoms with Crippen molar-refractivity contribution in [3.8, 4) is 0 Å². The third-order valence-corrected chi connectivity index (χ3v) is 4.51. The Morgan fingerprint density at radius 2 is 1.79 bits per heavy atom. The van der Waals surface area contributed by atoms with Crippen molar-refractivity contribution in [2.75, 3.05) is 11.9 Å². The molecule has 2 aliphatic rings. The first-order valence-corrected chi connectivity index (χ1v) is 7.01. The predicted octanol–water partition coefficient (Wildman–Crippen LogP) is 4.79. The van der Waals surface area contributed by atoms with Gasteiger partial charge >= 0.3 is 6.18 Å². The number of benzene rings is 1. The average Bonchev–Trinajstić information content (AvgIpc) is 2.81. The molecule has 0 aromatic heterocycles. The second-order valence-corrected chi connectivity index (χ2v) is 5.69. The van der Waals surface area contributed by atoms with Gasteiger partial charge in [0.2, 0.25) is 0 Å². The fourth-order valence-corrected chi connectivity index (χ4v) is 3.49. The molecule has 104 valence electrons. The normalized spacial score (nSPS) is 24.1. The zero-order valence-corrected chi connectivity index (χ0v) is 10.8. The number of alkyl halides is 3. The van der Waals surface area contributed by atoms with E-state index in [4.69, 9.17) is 0 Å². The van der Waals surface area contributed by atoms with Crippen LogP contribution < -0.4 is 5.32 Å². The Bertz CT molecular complexity index is 461. The van der Waals surface area contributed by atoms with E-state index in [-0.39, 0.29) is 5.92 Å². The molecule has 1 unspecified atom stereocenters. The average molecular weight is 269 g/mol. The first kappa shape index (κ1) is 12.8. The molecule has 19 heavy (non-hydrogen) atoms. The highest BCUT2D eigenvalue weighted by Gasteiger charge is 2.35. The Hall–Kier alpha value is -1.19. The minimum absolute atomic E-state index is 0.262. The maximum absolute atomic E-state index is 12.8. The Morgan fingerprint density at radius 1 is 1.05 bits per heavy atom. The van der Waals surface area contributed by atoms with E-state index in [0.717, 1.165) is 30.6 Å². The molecule has 0 saturated heterocycles. The maximum atomic E-state index is 12.8. The number of anilines is 1. The van der Waals surface area contributed by atoms with Crippen LogP contribution in [-0.4, -0.2) is 6.54 Å². The van der Waals surface area contributed by atoms with Crippen molar-refractivity contribution >= 4 is 5.69 Å². The first-order valence-electron chi connectivity index (χ1n) is 7.01. The summed E-state index contributed by atoms with van der Waals surface area (Å²) in [5.74, 6) is 0.809. The summed E-state index contributed by atoms with van der Waals surface area (Å²) >= 11 is 0. The van der Waals surface area contributed by atoms with Crippen LogP contribution in [0.3, 0.4) is 0 Å². The summed E-state index contributed by atoms with van der Waals surface area (Å²) in [6.07, 6.45) is 1.77. The minimum atomic E-state index is -4.24. The predicted molar refractivity (Wildman–Crippen MR) is 69.2 cm³/mol. The van der Waals surface area contributed by atoms with Crippen molar-refractivity contribution < 1.29 is 13.2 Å². The van der Waals surface area contributed by atoms with Crippen molar-refractivity contribution in [2.45, 2.75) is 44.2 Å². The largest absolute Gasteiger partial charge is 0.416 e. The summed E-state index contributed by atoms with van der Waals surface area (Å²) < 4.78 is 38.4. The molecule has 1 aromatic rings. The molecule has 1 aliphatic carbocycles. The van der Waals surface area contributed by atoms with E-state index in [1.165, 1.54) is 31.4 Å². The number of hydrogen-bond acceptors (Lipinski definition) is 1. The molecule has 0 radical (unpaired) electrons. The van der Waals surface area contributed by atoms with Crippen LogP contribution in [0.4, 0.5) is 18.9 Å². The number of rotatable bonds is 1.